The van der Waals surface area contributed by atoms with E-state index in [4.69, 9.17) is 9.47 Å². The number of rotatable bonds is 7. The highest BCUT2D eigenvalue weighted by atomic mass is 19.1. The van der Waals surface area contributed by atoms with Crippen molar-refractivity contribution in [2.24, 2.45) is 0 Å². The molecule has 2 atom stereocenters. The van der Waals surface area contributed by atoms with Crippen LogP contribution in [0.2, 0.25) is 0 Å². The van der Waals surface area contributed by atoms with E-state index in [-0.39, 0.29) is 23.7 Å². The van der Waals surface area contributed by atoms with Gasteiger partial charge in [-0.25, -0.2) is 4.39 Å². The highest BCUT2D eigenvalue weighted by Crippen LogP contribution is 2.22. The molecule has 0 spiro atoms. The first-order chi connectivity index (χ1) is 8.58. The van der Waals surface area contributed by atoms with Gasteiger partial charge in [0.1, 0.15) is 6.10 Å². The quantitative estimate of drug-likeness (QED) is 0.812. The zero-order valence-electron chi connectivity index (χ0n) is 11.5. The summed E-state index contributed by atoms with van der Waals surface area (Å²) in [6.45, 7) is 6.85. The third kappa shape index (κ3) is 4.27. The lowest BCUT2D eigenvalue weighted by atomic mass is 10.1. The summed E-state index contributed by atoms with van der Waals surface area (Å²) in [5.41, 5.74) is 0.903. The number of nitrogens with one attached hydrogen (secondary N) is 1. The molecule has 1 rings (SSSR count). The van der Waals surface area contributed by atoms with E-state index in [1.807, 2.05) is 33.9 Å². The molecule has 0 amide bonds. The van der Waals surface area contributed by atoms with Crippen molar-refractivity contribution in [3.63, 3.8) is 0 Å². The Morgan fingerprint density at radius 3 is 2.61 bits per heavy atom. The summed E-state index contributed by atoms with van der Waals surface area (Å²) in [4.78, 5) is 0. The van der Waals surface area contributed by atoms with E-state index in [1.165, 1.54) is 6.07 Å². The predicted octanol–water partition coefficient (Wildman–Crippen LogP) is 2.91. The second-order valence-electron chi connectivity index (χ2n) is 4.29. The molecule has 2 unspecified atom stereocenters. The highest BCUT2D eigenvalue weighted by Gasteiger charge is 2.11. The summed E-state index contributed by atoms with van der Waals surface area (Å²) < 4.78 is 24.6. The number of ether oxygens (including phenoxy) is 2. The maximum Gasteiger partial charge on any atom is 0.165 e. The normalized spacial score (nSPS) is 14.3. The van der Waals surface area contributed by atoms with Gasteiger partial charge in [0.05, 0.1) is 6.61 Å². The molecule has 0 saturated heterocycles. The van der Waals surface area contributed by atoms with Crippen molar-refractivity contribution < 1.29 is 13.9 Å². The van der Waals surface area contributed by atoms with Crippen molar-refractivity contribution in [3.8, 4) is 5.75 Å². The number of hydrogen-bond donors (Lipinski definition) is 1. The minimum atomic E-state index is -0.335. The van der Waals surface area contributed by atoms with E-state index in [0.29, 0.717) is 13.2 Å². The lowest BCUT2D eigenvalue weighted by Gasteiger charge is -2.16. The van der Waals surface area contributed by atoms with Crippen LogP contribution in [-0.2, 0) is 4.74 Å². The molecule has 1 aromatic rings. The van der Waals surface area contributed by atoms with Crippen LogP contribution >= 0.6 is 0 Å². The molecule has 0 aliphatic carbocycles. The van der Waals surface area contributed by atoms with Crippen molar-refractivity contribution in [1.29, 1.82) is 0 Å². The zero-order valence-corrected chi connectivity index (χ0v) is 11.5. The smallest absolute Gasteiger partial charge is 0.165 e. The van der Waals surface area contributed by atoms with Gasteiger partial charge in [0.25, 0.3) is 0 Å². The van der Waals surface area contributed by atoms with Gasteiger partial charge < -0.3 is 14.8 Å². The Kier molecular flexibility index (Phi) is 6.09. The Hall–Kier alpha value is -1.13. The number of hydrogen-bond acceptors (Lipinski definition) is 3. The van der Waals surface area contributed by atoms with Gasteiger partial charge in [-0.15, -0.1) is 0 Å². The van der Waals surface area contributed by atoms with Gasteiger partial charge in [-0.05, 0) is 45.5 Å². The molecule has 18 heavy (non-hydrogen) atoms. The van der Waals surface area contributed by atoms with Crippen molar-refractivity contribution >= 4 is 0 Å². The topological polar surface area (TPSA) is 30.5 Å². The van der Waals surface area contributed by atoms with E-state index in [2.05, 4.69) is 5.32 Å². The Morgan fingerprint density at radius 2 is 2.06 bits per heavy atom. The monoisotopic (exact) mass is 255 g/mol. The fourth-order valence-corrected chi connectivity index (χ4v) is 1.58. The van der Waals surface area contributed by atoms with Crippen LogP contribution in [-0.4, -0.2) is 26.4 Å². The molecular weight excluding hydrogens is 233 g/mol. The summed E-state index contributed by atoms with van der Waals surface area (Å²) in [5, 5.41) is 3.07. The molecular formula is C14H22FNO2. The second kappa shape index (κ2) is 7.34. The van der Waals surface area contributed by atoms with Crippen LogP contribution in [0.3, 0.4) is 0 Å². The second-order valence-corrected chi connectivity index (χ2v) is 4.29. The van der Waals surface area contributed by atoms with Crippen LogP contribution in [0.25, 0.3) is 0 Å². The minimum absolute atomic E-state index is 0.120. The van der Waals surface area contributed by atoms with Crippen LogP contribution in [0.15, 0.2) is 18.2 Å². The van der Waals surface area contributed by atoms with Crippen molar-refractivity contribution in [3.05, 3.63) is 29.6 Å². The average molecular weight is 255 g/mol. The third-order valence-electron chi connectivity index (χ3n) is 2.77. The average Bonchev–Trinajstić information content (AvgIpc) is 2.37. The Balaban J connectivity index is 2.67. The van der Waals surface area contributed by atoms with Gasteiger partial charge in [-0.3, -0.25) is 0 Å². The lowest BCUT2D eigenvalue weighted by Crippen LogP contribution is -2.20. The van der Waals surface area contributed by atoms with E-state index < -0.39 is 0 Å². The SMILES string of the molecule is CCOCC(C)Oc1ccc(C(C)NC)cc1F. The van der Waals surface area contributed by atoms with Crippen molar-refractivity contribution in [2.45, 2.75) is 32.9 Å². The van der Waals surface area contributed by atoms with E-state index >= 15 is 0 Å². The Morgan fingerprint density at radius 1 is 1.33 bits per heavy atom. The summed E-state index contributed by atoms with van der Waals surface area (Å²) in [7, 11) is 1.84. The van der Waals surface area contributed by atoms with E-state index in [1.54, 1.807) is 6.07 Å². The molecule has 0 aliphatic heterocycles. The van der Waals surface area contributed by atoms with Gasteiger partial charge >= 0.3 is 0 Å². The molecule has 4 heteroatoms. The van der Waals surface area contributed by atoms with Gasteiger partial charge in [0.2, 0.25) is 0 Å². The van der Waals surface area contributed by atoms with Crippen LogP contribution < -0.4 is 10.1 Å². The van der Waals surface area contributed by atoms with Gasteiger partial charge in [-0.2, -0.15) is 0 Å². The van der Waals surface area contributed by atoms with E-state index in [9.17, 15) is 4.39 Å². The third-order valence-corrected chi connectivity index (χ3v) is 2.77. The fraction of sp³-hybridized carbons (Fsp3) is 0.571. The Labute approximate surface area is 108 Å². The molecule has 0 radical (unpaired) electrons. The number of halogens is 1. The van der Waals surface area contributed by atoms with Gasteiger partial charge in [0.15, 0.2) is 11.6 Å². The molecule has 1 aromatic carbocycles. The maximum absolute atomic E-state index is 13.8. The molecule has 0 aromatic heterocycles. The minimum Gasteiger partial charge on any atom is -0.485 e. The number of benzene rings is 1. The molecule has 0 bridgehead atoms. The predicted molar refractivity (Wildman–Crippen MR) is 70.5 cm³/mol. The molecule has 1 N–H and O–H groups in total. The van der Waals surface area contributed by atoms with Gasteiger partial charge in [0, 0.05) is 12.6 Å². The van der Waals surface area contributed by atoms with Crippen LogP contribution in [0.1, 0.15) is 32.4 Å². The maximum atomic E-state index is 13.8. The van der Waals surface area contributed by atoms with E-state index in [0.717, 1.165) is 5.56 Å². The first kappa shape index (κ1) is 14.9. The molecule has 0 aliphatic rings. The molecule has 3 nitrogen and oxygen atoms in total. The Bertz CT molecular complexity index is 371. The fourth-order valence-electron chi connectivity index (χ4n) is 1.58. The first-order valence-electron chi connectivity index (χ1n) is 6.29. The molecule has 102 valence electrons. The van der Waals surface area contributed by atoms with Crippen LogP contribution in [0, 0.1) is 5.82 Å². The highest BCUT2D eigenvalue weighted by molar-refractivity contribution is 5.31. The standard InChI is InChI=1S/C14H22FNO2/c1-5-17-9-10(2)18-14-7-6-12(8-13(14)15)11(3)16-4/h6-8,10-11,16H,5,9H2,1-4H3. The molecule has 0 heterocycles. The summed E-state index contributed by atoms with van der Waals surface area (Å²) in [6, 6.07) is 5.16. The van der Waals surface area contributed by atoms with Gasteiger partial charge in [-0.1, -0.05) is 6.07 Å². The van der Waals surface area contributed by atoms with Crippen molar-refractivity contribution in [1.82, 2.24) is 5.32 Å². The summed E-state index contributed by atoms with van der Waals surface area (Å²) >= 11 is 0. The zero-order chi connectivity index (χ0) is 13.5. The van der Waals surface area contributed by atoms with Crippen molar-refractivity contribution in [2.75, 3.05) is 20.3 Å². The summed E-state index contributed by atoms with van der Waals surface area (Å²) in [6.07, 6.45) is -0.160. The lowest BCUT2D eigenvalue weighted by molar-refractivity contribution is 0.0636. The first-order valence-corrected chi connectivity index (χ1v) is 6.29. The summed E-state index contributed by atoms with van der Waals surface area (Å²) in [5.74, 6) is -0.0628. The molecule has 0 saturated carbocycles. The van der Waals surface area contributed by atoms with Crippen LogP contribution in [0.4, 0.5) is 4.39 Å². The van der Waals surface area contributed by atoms with Crippen LogP contribution in [0.5, 0.6) is 5.75 Å². The largest absolute Gasteiger partial charge is 0.485 e. The molecule has 0 fully saturated rings.